The maximum absolute atomic E-state index is 13.3. The molecule has 0 aromatic heterocycles. The maximum Gasteiger partial charge on any atom is 0.294 e. The van der Waals surface area contributed by atoms with Crippen molar-refractivity contribution in [3.8, 4) is 0 Å². The molecule has 4 rings (SSSR count). The van der Waals surface area contributed by atoms with E-state index in [1.165, 1.54) is 6.07 Å². The number of piperazine rings is 1. The van der Waals surface area contributed by atoms with Gasteiger partial charge >= 0.3 is 0 Å². The highest BCUT2D eigenvalue weighted by Crippen LogP contribution is 2.36. The smallest absolute Gasteiger partial charge is 0.294 e. The first-order valence-corrected chi connectivity index (χ1v) is 11.6. The number of carbonyl (C=O) groups is 1. The Kier molecular flexibility index (Phi) is 7.40. The molecule has 0 saturated carbocycles. The quantitative estimate of drug-likeness (QED) is 0.317. The van der Waals surface area contributed by atoms with Crippen LogP contribution in [0, 0.1) is 10.1 Å². The molecule has 1 aliphatic heterocycles. The second kappa shape index (κ2) is 10.6. The molecule has 0 radical (unpaired) electrons. The van der Waals surface area contributed by atoms with E-state index in [0.29, 0.717) is 42.0 Å². The summed E-state index contributed by atoms with van der Waals surface area (Å²) in [7, 11) is 0. The molecule has 7 nitrogen and oxygen atoms in total. The zero-order valence-electron chi connectivity index (χ0n) is 18.3. The zero-order valence-corrected chi connectivity index (χ0v) is 19.8. The minimum absolute atomic E-state index is 0.0228. The van der Waals surface area contributed by atoms with Crippen LogP contribution in [0.25, 0.3) is 0 Å². The fraction of sp³-hybridized carbons (Fsp3) is 0.200. The number of hydrogen-bond acceptors (Lipinski definition) is 5. The van der Waals surface area contributed by atoms with Gasteiger partial charge in [-0.1, -0.05) is 78.3 Å². The normalized spacial score (nSPS) is 13.6. The number of nitrogens with one attached hydrogen (secondary N) is 1. The molecule has 3 aromatic carbocycles. The Labute approximate surface area is 208 Å². The van der Waals surface area contributed by atoms with Crippen LogP contribution in [-0.4, -0.2) is 47.0 Å². The molecule has 1 amide bonds. The average Bonchev–Trinajstić information content (AvgIpc) is 2.85. The summed E-state index contributed by atoms with van der Waals surface area (Å²) < 4.78 is 0. The van der Waals surface area contributed by atoms with Crippen LogP contribution in [0.2, 0.25) is 5.02 Å². The van der Waals surface area contributed by atoms with Crippen LogP contribution in [-0.2, 0) is 4.79 Å². The first-order chi connectivity index (χ1) is 16.5. The van der Waals surface area contributed by atoms with Crippen LogP contribution in [0.4, 0.5) is 11.4 Å². The van der Waals surface area contributed by atoms with Crippen molar-refractivity contribution in [2.75, 3.05) is 31.1 Å². The summed E-state index contributed by atoms with van der Waals surface area (Å²) in [4.78, 5) is 28.1. The third kappa shape index (κ3) is 5.18. The lowest BCUT2D eigenvalue weighted by molar-refractivity contribution is -0.384. The van der Waals surface area contributed by atoms with E-state index in [1.807, 2.05) is 70.5 Å². The second-order valence-corrected chi connectivity index (χ2v) is 8.68. The minimum atomic E-state index is -0.493. The number of rotatable bonds is 5. The molecular formula is C25H23ClN4O3S. The first-order valence-electron chi connectivity index (χ1n) is 10.8. The molecule has 1 heterocycles. The number of benzene rings is 3. The first kappa shape index (κ1) is 23.7. The van der Waals surface area contributed by atoms with Gasteiger partial charge in [0.15, 0.2) is 5.11 Å². The molecule has 34 heavy (non-hydrogen) atoms. The van der Waals surface area contributed by atoms with Crippen LogP contribution < -0.4 is 10.2 Å². The van der Waals surface area contributed by atoms with Crippen LogP contribution in [0.1, 0.15) is 17.0 Å². The van der Waals surface area contributed by atoms with E-state index in [9.17, 15) is 14.9 Å². The summed E-state index contributed by atoms with van der Waals surface area (Å²) in [6.07, 6.45) is 0. The van der Waals surface area contributed by atoms with Crippen molar-refractivity contribution >= 4 is 46.2 Å². The fourth-order valence-corrected chi connectivity index (χ4v) is 4.71. The summed E-state index contributed by atoms with van der Waals surface area (Å²) in [6, 6.07) is 23.8. The van der Waals surface area contributed by atoms with E-state index in [1.54, 1.807) is 12.1 Å². The second-order valence-electron chi connectivity index (χ2n) is 7.89. The average molecular weight is 495 g/mol. The van der Waals surface area contributed by atoms with Crippen molar-refractivity contribution in [3.63, 3.8) is 0 Å². The number of carbonyl (C=O) groups excluding carboxylic acids is 1. The Balaban J connectivity index is 1.45. The van der Waals surface area contributed by atoms with Crippen molar-refractivity contribution in [1.82, 2.24) is 10.2 Å². The van der Waals surface area contributed by atoms with E-state index in [-0.39, 0.29) is 11.6 Å². The number of nitro benzene ring substituents is 1. The Morgan fingerprint density at radius 1 is 0.912 bits per heavy atom. The van der Waals surface area contributed by atoms with Gasteiger partial charge in [-0.15, -0.1) is 0 Å². The van der Waals surface area contributed by atoms with Gasteiger partial charge in [-0.05, 0) is 29.4 Å². The van der Waals surface area contributed by atoms with Crippen LogP contribution >= 0.6 is 23.8 Å². The number of anilines is 1. The molecule has 1 N–H and O–H groups in total. The fourth-order valence-electron chi connectivity index (χ4n) is 4.14. The molecule has 9 heteroatoms. The molecule has 0 aliphatic carbocycles. The van der Waals surface area contributed by atoms with Crippen molar-refractivity contribution in [2.45, 2.75) is 5.92 Å². The van der Waals surface area contributed by atoms with E-state index in [4.69, 9.17) is 23.8 Å². The molecular weight excluding hydrogens is 472 g/mol. The van der Waals surface area contributed by atoms with Crippen molar-refractivity contribution in [3.05, 3.63) is 105 Å². The lowest BCUT2D eigenvalue weighted by Gasteiger charge is -2.37. The molecule has 0 atom stereocenters. The largest absolute Gasteiger partial charge is 0.361 e. The molecule has 1 saturated heterocycles. The summed E-state index contributed by atoms with van der Waals surface area (Å²) in [5.41, 5.74) is 2.15. The van der Waals surface area contributed by atoms with Gasteiger partial charge in [-0.2, -0.15) is 0 Å². The lowest BCUT2D eigenvalue weighted by Crippen LogP contribution is -2.53. The third-order valence-corrected chi connectivity index (χ3v) is 6.47. The van der Waals surface area contributed by atoms with Crippen molar-refractivity contribution < 1.29 is 9.72 Å². The van der Waals surface area contributed by atoms with Gasteiger partial charge in [0.05, 0.1) is 15.9 Å². The summed E-state index contributed by atoms with van der Waals surface area (Å²) >= 11 is 11.8. The van der Waals surface area contributed by atoms with E-state index in [2.05, 4.69) is 5.32 Å². The van der Waals surface area contributed by atoms with Gasteiger partial charge in [0, 0.05) is 32.2 Å². The van der Waals surface area contributed by atoms with Gasteiger partial charge < -0.3 is 15.1 Å². The van der Waals surface area contributed by atoms with Crippen LogP contribution in [0.5, 0.6) is 0 Å². The minimum Gasteiger partial charge on any atom is -0.361 e. The molecule has 174 valence electrons. The van der Waals surface area contributed by atoms with Gasteiger partial charge in [0.2, 0.25) is 5.91 Å². The zero-order chi connectivity index (χ0) is 24.1. The molecule has 0 spiro atoms. The number of halogens is 1. The molecule has 0 bridgehead atoms. The Morgan fingerprint density at radius 3 is 2.00 bits per heavy atom. The van der Waals surface area contributed by atoms with E-state index >= 15 is 0 Å². The van der Waals surface area contributed by atoms with Gasteiger partial charge in [0.1, 0.15) is 5.69 Å². The highest BCUT2D eigenvalue weighted by molar-refractivity contribution is 7.80. The van der Waals surface area contributed by atoms with Crippen molar-refractivity contribution in [1.29, 1.82) is 0 Å². The number of amides is 1. The monoisotopic (exact) mass is 494 g/mol. The Hall–Kier alpha value is -3.49. The standard InChI is InChI=1S/C25H23ClN4O3S/c26-20-12-7-13-21(30(32)33)23(20)28-14-16-29(17-15-28)25(34)27-24(31)22(18-8-3-1-4-9-18)19-10-5-2-6-11-19/h1-13,22H,14-17H2,(H,27,31,34). The van der Waals surface area contributed by atoms with Crippen molar-refractivity contribution in [2.24, 2.45) is 0 Å². The number of para-hydroxylation sites is 1. The SMILES string of the molecule is O=C(NC(=S)N1CCN(c2c(Cl)cccc2[N+](=O)[O-])CC1)C(c1ccccc1)c1ccccc1. The summed E-state index contributed by atoms with van der Waals surface area (Å²) in [5, 5.41) is 15.0. The lowest BCUT2D eigenvalue weighted by atomic mass is 9.90. The van der Waals surface area contributed by atoms with Crippen LogP contribution in [0.15, 0.2) is 78.9 Å². The highest BCUT2D eigenvalue weighted by Gasteiger charge is 2.29. The van der Waals surface area contributed by atoms with E-state index in [0.717, 1.165) is 11.1 Å². The van der Waals surface area contributed by atoms with E-state index < -0.39 is 10.8 Å². The summed E-state index contributed by atoms with van der Waals surface area (Å²) in [5.74, 6) is -0.695. The van der Waals surface area contributed by atoms with Gasteiger partial charge in [0.25, 0.3) is 5.69 Å². The number of nitro groups is 1. The predicted octanol–water partition coefficient (Wildman–Crippen LogP) is 4.60. The topological polar surface area (TPSA) is 78.7 Å². The number of thiocarbonyl (C=S) groups is 1. The Bertz CT molecular complexity index is 1150. The Morgan fingerprint density at radius 2 is 1.47 bits per heavy atom. The number of hydrogen-bond donors (Lipinski definition) is 1. The molecule has 1 aliphatic rings. The molecule has 0 unspecified atom stereocenters. The van der Waals surface area contributed by atoms with Crippen LogP contribution in [0.3, 0.4) is 0 Å². The van der Waals surface area contributed by atoms with Gasteiger partial charge in [-0.25, -0.2) is 0 Å². The predicted molar refractivity (Wildman–Crippen MR) is 137 cm³/mol. The summed E-state index contributed by atoms with van der Waals surface area (Å²) in [6.45, 7) is 1.98. The maximum atomic E-state index is 13.3. The molecule has 3 aromatic rings. The highest BCUT2D eigenvalue weighted by atomic mass is 35.5. The third-order valence-electron chi connectivity index (χ3n) is 5.80. The van der Waals surface area contributed by atoms with Gasteiger partial charge in [-0.3, -0.25) is 14.9 Å². The molecule has 1 fully saturated rings. The number of nitrogens with zero attached hydrogens (tertiary/aromatic N) is 3.